The molecule has 1 aliphatic rings. The third-order valence-corrected chi connectivity index (χ3v) is 2.28. The van der Waals surface area contributed by atoms with Gasteiger partial charge in [-0.1, -0.05) is 0 Å². The Morgan fingerprint density at radius 2 is 2.14 bits per heavy atom. The maximum absolute atomic E-state index is 11.4. The van der Waals surface area contributed by atoms with Crippen LogP contribution < -0.4 is 0 Å². The minimum absolute atomic E-state index is 0.137. The lowest BCUT2D eigenvalue weighted by atomic mass is 10.3. The van der Waals surface area contributed by atoms with Gasteiger partial charge >= 0.3 is 0 Å². The highest BCUT2D eigenvalue weighted by molar-refractivity contribution is 5.80. The summed E-state index contributed by atoms with van der Waals surface area (Å²) in [5.74, 6) is -0.195. The molecule has 2 atom stereocenters. The summed E-state index contributed by atoms with van der Waals surface area (Å²) >= 11 is 0. The summed E-state index contributed by atoms with van der Waals surface area (Å²) in [6.45, 7) is 6.78. The number of carbonyl (C=O) groups is 1. The summed E-state index contributed by atoms with van der Waals surface area (Å²) < 4.78 is 5.60. The van der Waals surface area contributed by atoms with E-state index in [2.05, 4.69) is 0 Å². The number of rotatable bonds is 3. The second kappa shape index (κ2) is 4.75. The number of amides is 1. The molecule has 0 radical (unpaired) electrons. The van der Waals surface area contributed by atoms with Gasteiger partial charge in [0.25, 0.3) is 5.91 Å². The van der Waals surface area contributed by atoms with Crippen molar-refractivity contribution in [3.63, 3.8) is 0 Å². The van der Waals surface area contributed by atoms with Crippen molar-refractivity contribution in [1.82, 2.24) is 4.90 Å². The van der Waals surface area contributed by atoms with E-state index < -0.39 is 6.10 Å². The maximum atomic E-state index is 11.4. The zero-order chi connectivity index (χ0) is 10.7. The molecule has 1 aliphatic heterocycles. The summed E-state index contributed by atoms with van der Waals surface area (Å²) in [4.78, 5) is 13.1. The minimum atomic E-state index is -0.896. The molecule has 1 heterocycles. The average molecular weight is 201 g/mol. The fourth-order valence-electron chi connectivity index (χ4n) is 1.69. The van der Waals surface area contributed by atoms with Gasteiger partial charge < -0.3 is 14.7 Å². The zero-order valence-electron chi connectivity index (χ0n) is 9.06. The van der Waals surface area contributed by atoms with Crippen LogP contribution in [-0.2, 0) is 9.53 Å². The number of hydrogen-bond acceptors (Lipinski definition) is 3. The predicted octanol–water partition coefficient (Wildman–Crippen LogP) is 0.393. The molecule has 0 aromatic carbocycles. The molecule has 0 aromatic rings. The summed E-state index contributed by atoms with van der Waals surface area (Å²) in [6.07, 6.45) is 0.309. The van der Waals surface area contributed by atoms with E-state index in [4.69, 9.17) is 9.84 Å². The molecule has 1 saturated heterocycles. The SMILES string of the molecule is CC(C)O[C@H]1CCN(C(=O)[C@@H](C)O)C1. The Labute approximate surface area is 84.8 Å². The second-order valence-corrected chi connectivity index (χ2v) is 4.06. The third kappa shape index (κ3) is 2.96. The third-order valence-electron chi connectivity index (χ3n) is 2.28. The van der Waals surface area contributed by atoms with Crippen LogP contribution in [0.25, 0.3) is 0 Å². The molecule has 1 rings (SSSR count). The van der Waals surface area contributed by atoms with Gasteiger partial charge in [-0.2, -0.15) is 0 Å². The fraction of sp³-hybridized carbons (Fsp3) is 0.900. The van der Waals surface area contributed by atoms with Crippen molar-refractivity contribution >= 4 is 5.91 Å². The van der Waals surface area contributed by atoms with E-state index in [1.807, 2.05) is 13.8 Å². The number of carbonyl (C=O) groups excluding carboxylic acids is 1. The molecule has 0 unspecified atom stereocenters. The molecule has 4 nitrogen and oxygen atoms in total. The largest absolute Gasteiger partial charge is 0.384 e. The second-order valence-electron chi connectivity index (χ2n) is 4.06. The number of hydrogen-bond donors (Lipinski definition) is 1. The van der Waals surface area contributed by atoms with Crippen LogP contribution in [0, 0.1) is 0 Å². The van der Waals surface area contributed by atoms with E-state index in [1.165, 1.54) is 6.92 Å². The van der Waals surface area contributed by atoms with E-state index >= 15 is 0 Å². The number of aliphatic hydroxyl groups excluding tert-OH is 1. The summed E-state index contributed by atoms with van der Waals surface area (Å²) in [7, 11) is 0. The molecular formula is C10H19NO3. The van der Waals surface area contributed by atoms with Gasteiger partial charge in [0.15, 0.2) is 0 Å². The Balaban J connectivity index is 2.37. The van der Waals surface area contributed by atoms with Crippen molar-refractivity contribution in [2.45, 2.75) is 45.5 Å². The van der Waals surface area contributed by atoms with Gasteiger partial charge in [0.1, 0.15) is 6.10 Å². The average Bonchev–Trinajstić information content (AvgIpc) is 2.50. The Hall–Kier alpha value is -0.610. The molecule has 0 spiro atoms. The Bertz CT molecular complexity index is 204. The van der Waals surface area contributed by atoms with Crippen molar-refractivity contribution < 1.29 is 14.6 Å². The molecule has 1 fully saturated rings. The first-order valence-corrected chi connectivity index (χ1v) is 5.13. The molecule has 0 aromatic heterocycles. The van der Waals surface area contributed by atoms with Crippen molar-refractivity contribution in [3.8, 4) is 0 Å². The quantitative estimate of drug-likeness (QED) is 0.718. The molecule has 1 N–H and O–H groups in total. The molecule has 1 amide bonds. The van der Waals surface area contributed by atoms with Crippen molar-refractivity contribution in [2.75, 3.05) is 13.1 Å². The topological polar surface area (TPSA) is 49.8 Å². The smallest absolute Gasteiger partial charge is 0.251 e. The van der Waals surface area contributed by atoms with Gasteiger partial charge in [0.05, 0.1) is 12.2 Å². The van der Waals surface area contributed by atoms with Crippen LogP contribution in [-0.4, -0.2) is 47.3 Å². The van der Waals surface area contributed by atoms with Crippen LogP contribution in [0.3, 0.4) is 0 Å². The van der Waals surface area contributed by atoms with Gasteiger partial charge in [-0.3, -0.25) is 4.79 Å². The minimum Gasteiger partial charge on any atom is -0.384 e. The summed E-state index contributed by atoms with van der Waals surface area (Å²) in [6, 6.07) is 0. The molecule has 0 bridgehead atoms. The van der Waals surface area contributed by atoms with Gasteiger partial charge in [-0.05, 0) is 27.2 Å². The Morgan fingerprint density at radius 3 is 2.64 bits per heavy atom. The van der Waals surface area contributed by atoms with Crippen molar-refractivity contribution in [2.24, 2.45) is 0 Å². The Kier molecular flexibility index (Phi) is 3.89. The summed E-state index contributed by atoms with van der Waals surface area (Å²) in [5.41, 5.74) is 0. The van der Waals surface area contributed by atoms with E-state index in [1.54, 1.807) is 4.90 Å². The number of ether oxygens (including phenoxy) is 1. The highest BCUT2D eigenvalue weighted by Gasteiger charge is 2.28. The molecule has 14 heavy (non-hydrogen) atoms. The highest BCUT2D eigenvalue weighted by Crippen LogP contribution is 2.15. The van der Waals surface area contributed by atoms with Gasteiger partial charge in [0.2, 0.25) is 0 Å². The molecule has 0 saturated carbocycles. The zero-order valence-corrected chi connectivity index (χ0v) is 9.06. The number of nitrogens with zero attached hydrogens (tertiary/aromatic N) is 1. The van der Waals surface area contributed by atoms with E-state index in [-0.39, 0.29) is 18.1 Å². The van der Waals surface area contributed by atoms with Crippen LogP contribution in [0.2, 0.25) is 0 Å². The van der Waals surface area contributed by atoms with Gasteiger partial charge in [0, 0.05) is 13.1 Å². The van der Waals surface area contributed by atoms with Crippen LogP contribution in [0.4, 0.5) is 0 Å². The van der Waals surface area contributed by atoms with Crippen LogP contribution in [0.15, 0.2) is 0 Å². The van der Waals surface area contributed by atoms with Gasteiger partial charge in [-0.15, -0.1) is 0 Å². The van der Waals surface area contributed by atoms with Gasteiger partial charge in [-0.25, -0.2) is 0 Å². The van der Waals surface area contributed by atoms with Crippen LogP contribution in [0.5, 0.6) is 0 Å². The van der Waals surface area contributed by atoms with Crippen molar-refractivity contribution in [1.29, 1.82) is 0 Å². The van der Waals surface area contributed by atoms with Crippen LogP contribution >= 0.6 is 0 Å². The monoisotopic (exact) mass is 201 g/mol. The first-order chi connectivity index (χ1) is 6.50. The number of aliphatic hydroxyl groups is 1. The number of likely N-dealkylation sites (tertiary alicyclic amines) is 1. The van der Waals surface area contributed by atoms with E-state index in [9.17, 15) is 4.79 Å². The molecule has 82 valence electrons. The first kappa shape index (κ1) is 11.5. The van der Waals surface area contributed by atoms with E-state index in [0.29, 0.717) is 13.1 Å². The summed E-state index contributed by atoms with van der Waals surface area (Å²) in [5, 5.41) is 9.12. The Morgan fingerprint density at radius 1 is 1.50 bits per heavy atom. The highest BCUT2D eigenvalue weighted by atomic mass is 16.5. The standard InChI is InChI=1S/C10H19NO3/c1-7(2)14-9-4-5-11(6-9)10(13)8(3)12/h7-9,12H,4-6H2,1-3H3/t8-,9+/m1/s1. The molecule has 4 heteroatoms. The predicted molar refractivity (Wildman–Crippen MR) is 52.9 cm³/mol. The van der Waals surface area contributed by atoms with Crippen molar-refractivity contribution in [3.05, 3.63) is 0 Å². The normalized spacial score (nSPS) is 24.4. The first-order valence-electron chi connectivity index (χ1n) is 5.13. The lowest BCUT2D eigenvalue weighted by Gasteiger charge is -2.19. The lowest BCUT2D eigenvalue weighted by Crippen LogP contribution is -2.37. The van der Waals surface area contributed by atoms with Crippen LogP contribution in [0.1, 0.15) is 27.2 Å². The van der Waals surface area contributed by atoms with E-state index in [0.717, 1.165) is 6.42 Å². The lowest BCUT2D eigenvalue weighted by molar-refractivity contribution is -0.138. The molecular weight excluding hydrogens is 182 g/mol. The maximum Gasteiger partial charge on any atom is 0.251 e. The molecule has 0 aliphatic carbocycles. The fourth-order valence-corrected chi connectivity index (χ4v) is 1.69.